The number of hydrogen-bond donors (Lipinski definition) is 3. The van der Waals surface area contributed by atoms with E-state index in [1.54, 1.807) is 0 Å². The second-order valence-electron chi connectivity index (χ2n) is 10.6. The standard InChI is InChI=1S/C27H36F2N2O2/c1-27(2,3)15-17-7-8-19-5-4-6-24(23(19)12-17)31-16-25(32)20(13-26(30)33)9-18-10-21(28)14-22(29)11-18/h7-8,10-12,14,20,24-25,31-32H,4-6,9,13,15-16H2,1-3H3,(H2,30,33)/t20?,24-,25?/m0/s1. The van der Waals surface area contributed by atoms with Gasteiger partial charge in [0.1, 0.15) is 11.6 Å². The van der Waals surface area contributed by atoms with Crippen molar-refractivity contribution in [2.75, 3.05) is 6.54 Å². The average molecular weight is 459 g/mol. The number of aliphatic hydroxyl groups excluding tert-OH is 1. The highest BCUT2D eigenvalue weighted by Crippen LogP contribution is 2.32. The number of halogens is 2. The van der Waals surface area contributed by atoms with Crippen molar-refractivity contribution in [3.05, 3.63) is 70.3 Å². The maximum atomic E-state index is 13.6. The zero-order valence-corrected chi connectivity index (χ0v) is 19.8. The summed E-state index contributed by atoms with van der Waals surface area (Å²) in [6.07, 6.45) is 3.28. The molecule has 0 fully saturated rings. The number of amides is 1. The molecule has 0 aliphatic heterocycles. The third-order valence-corrected chi connectivity index (χ3v) is 6.26. The number of fused-ring (bicyclic) bond motifs is 1. The SMILES string of the molecule is CC(C)(C)Cc1ccc2c(c1)[C@@H](NCC(O)C(CC(N)=O)Cc1cc(F)cc(F)c1)CCC2. The summed E-state index contributed by atoms with van der Waals surface area (Å²) in [4.78, 5) is 11.6. The number of carbonyl (C=O) groups is 1. The first-order valence-corrected chi connectivity index (χ1v) is 11.8. The molecule has 0 spiro atoms. The minimum Gasteiger partial charge on any atom is -0.391 e. The minimum absolute atomic E-state index is 0.0576. The van der Waals surface area contributed by atoms with E-state index in [9.17, 15) is 18.7 Å². The van der Waals surface area contributed by atoms with Crippen LogP contribution in [0.15, 0.2) is 36.4 Å². The van der Waals surface area contributed by atoms with Crippen LogP contribution in [0.3, 0.4) is 0 Å². The zero-order valence-electron chi connectivity index (χ0n) is 19.8. The third-order valence-electron chi connectivity index (χ3n) is 6.26. The van der Waals surface area contributed by atoms with E-state index in [1.807, 2.05) is 0 Å². The Morgan fingerprint density at radius 1 is 1.15 bits per heavy atom. The molecule has 3 rings (SSSR count). The van der Waals surface area contributed by atoms with Crippen molar-refractivity contribution in [1.82, 2.24) is 5.32 Å². The highest BCUT2D eigenvalue weighted by Gasteiger charge is 2.26. The number of benzene rings is 2. The fourth-order valence-corrected chi connectivity index (χ4v) is 4.85. The molecule has 1 aliphatic carbocycles. The molecule has 0 radical (unpaired) electrons. The highest BCUT2D eigenvalue weighted by atomic mass is 19.1. The number of aryl methyl sites for hydroxylation is 1. The van der Waals surface area contributed by atoms with E-state index in [-0.39, 0.29) is 30.8 Å². The quantitative estimate of drug-likeness (QED) is 0.513. The molecule has 2 aromatic rings. The van der Waals surface area contributed by atoms with Gasteiger partial charge in [-0.05, 0) is 77.8 Å². The molecular weight excluding hydrogens is 422 g/mol. The molecule has 2 aromatic carbocycles. The van der Waals surface area contributed by atoms with Crippen molar-refractivity contribution >= 4 is 5.91 Å². The van der Waals surface area contributed by atoms with Crippen LogP contribution < -0.4 is 11.1 Å². The predicted octanol–water partition coefficient (Wildman–Crippen LogP) is 4.62. The Morgan fingerprint density at radius 3 is 2.48 bits per heavy atom. The minimum atomic E-state index is -0.882. The van der Waals surface area contributed by atoms with Crippen molar-refractivity contribution in [2.24, 2.45) is 17.1 Å². The Labute approximate surface area is 195 Å². The lowest BCUT2D eigenvalue weighted by Crippen LogP contribution is -2.38. The molecule has 0 saturated carbocycles. The summed E-state index contributed by atoms with van der Waals surface area (Å²) in [7, 11) is 0. The van der Waals surface area contributed by atoms with Gasteiger partial charge in [0, 0.05) is 25.1 Å². The molecule has 4 nitrogen and oxygen atoms in total. The molecular formula is C27H36F2N2O2. The monoisotopic (exact) mass is 458 g/mol. The van der Waals surface area contributed by atoms with Crippen molar-refractivity contribution in [1.29, 1.82) is 0 Å². The van der Waals surface area contributed by atoms with Crippen molar-refractivity contribution < 1.29 is 18.7 Å². The maximum absolute atomic E-state index is 13.6. The van der Waals surface area contributed by atoms with Crippen LogP contribution in [0.1, 0.15) is 68.3 Å². The number of nitrogens with two attached hydrogens (primary N) is 1. The van der Waals surface area contributed by atoms with Gasteiger partial charge in [0.05, 0.1) is 6.10 Å². The van der Waals surface area contributed by atoms with E-state index in [2.05, 4.69) is 44.3 Å². The lowest BCUT2D eigenvalue weighted by Gasteiger charge is -2.30. The van der Waals surface area contributed by atoms with Gasteiger partial charge in [0.15, 0.2) is 0 Å². The number of carbonyl (C=O) groups excluding carboxylic acids is 1. The second kappa shape index (κ2) is 10.7. The van der Waals surface area contributed by atoms with E-state index in [0.717, 1.165) is 31.7 Å². The average Bonchev–Trinajstić information content (AvgIpc) is 2.69. The van der Waals surface area contributed by atoms with Crippen LogP contribution in [0.2, 0.25) is 0 Å². The van der Waals surface area contributed by atoms with Gasteiger partial charge in [-0.2, -0.15) is 0 Å². The Kier molecular flexibility index (Phi) is 8.24. The Bertz CT molecular complexity index is 951. The zero-order chi connectivity index (χ0) is 24.2. The van der Waals surface area contributed by atoms with Crippen LogP contribution in [0.25, 0.3) is 0 Å². The van der Waals surface area contributed by atoms with Gasteiger partial charge in [-0.3, -0.25) is 4.79 Å². The van der Waals surface area contributed by atoms with E-state index >= 15 is 0 Å². The Morgan fingerprint density at radius 2 is 1.85 bits per heavy atom. The molecule has 33 heavy (non-hydrogen) atoms. The summed E-state index contributed by atoms with van der Waals surface area (Å²) in [5.41, 5.74) is 9.89. The lowest BCUT2D eigenvalue weighted by molar-refractivity contribution is -0.119. The molecule has 2 unspecified atom stereocenters. The van der Waals surface area contributed by atoms with Gasteiger partial charge in [0.25, 0.3) is 0 Å². The first kappa shape index (κ1) is 25.3. The molecule has 180 valence electrons. The summed E-state index contributed by atoms with van der Waals surface area (Å²) in [5, 5.41) is 14.4. The van der Waals surface area contributed by atoms with Crippen LogP contribution in [0.4, 0.5) is 8.78 Å². The van der Waals surface area contributed by atoms with Gasteiger partial charge in [-0.1, -0.05) is 39.0 Å². The molecule has 1 aliphatic rings. The summed E-state index contributed by atoms with van der Waals surface area (Å²) in [5.74, 6) is -2.45. The van der Waals surface area contributed by atoms with Gasteiger partial charge in [0.2, 0.25) is 5.91 Å². The molecule has 3 atom stereocenters. The summed E-state index contributed by atoms with van der Waals surface area (Å²) < 4.78 is 27.2. The van der Waals surface area contributed by atoms with Crippen molar-refractivity contribution in [3.63, 3.8) is 0 Å². The summed E-state index contributed by atoms with van der Waals surface area (Å²) in [6.45, 7) is 6.94. The number of primary amides is 1. The number of hydrogen-bond acceptors (Lipinski definition) is 3. The van der Waals surface area contributed by atoms with Gasteiger partial charge < -0.3 is 16.2 Å². The van der Waals surface area contributed by atoms with E-state index in [0.29, 0.717) is 5.56 Å². The largest absolute Gasteiger partial charge is 0.391 e. The van der Waals surface area contributed by atoms with Gasteiger partial charge >= 0.3 is 0 Å². The van der Waals surface area contributed by atoms with Gasteiger partial charge in [-0.15, -0.1) is 0 Å². The van der Waals surface area contributed by atoms with Crippen molar-refractivity contribution in [2.45, 2.75) is 71.4 Å². The van der Waals surface area contributed by atoms with Crippen LogP contribution in [-0.2, 0) is 24.1 Å². The molecule has 0 aromatic heterocycles. The number of nitrogens with one attached hydrogen (secondary N) is 1. The van der Waals surface area contributed by atoms with Crippen LogP contribution >= 0.6 is 0 Å². The first-order valence-electron chi connectivity index (χ1n) is 11.8. The van der Waals surface area contributed by atoms with E-state index in [4.69, 9.17) is 5.73 Å². The fourth-order valence-electron chi connectivity index (χ4n) is 4.85. The number of aliphatic hydroxyl groups is 1. The summed E-state index contributed by atoms with van der Waals surface area (Å²) >= 11 is 0. The van der Waals surface area contributed by atoms with Gasteiger partial charge in [-0.25, -0.2) is 8.78 Å². The molecule has 4 N–H and O–H groups in total. The normalized spacial score (nSPS) is 17.9. The van der Waals surface area contributed by atoms with E-state index < -0.39 is 29.6 Å². The van der Waals surface area contributed by atoms with Crippen LogP contribution in [0, 0.1) is 23.0 Å². The van der Waals surface area contributed by atoms with Crippen molar-refractivity contribution in [3.8, 4) is 0 Å². The smallest absolute Gasteiger partial charge is 0.217 e. The topological polar surface area (TPSA) is 75.3 Å². The highest BCUT2D eigenvalue weighted by molar-refractivity contribution is 5.74. The predicted molar refractivity (Wildman–Crippen MR) is 127 cm³/mol. The third kappa shape index (κ3) is 7.61. The number of rotatable bonds is 9. The molecule has 0 bridgehead atoms. The Balaban J connectivity index is 1.70. The molecule has 0 saturated heterocycles. The first-order chi connectivity index (χ1) is 15.5. The van der Waals surface area contributed by atoms with Crippen LogP contribution in [0.5, 0.6) is 0 Å². The molecule has 1 amide bonds. The fraction of sp³-hybridized carbons (Fsp3) is 0.519. The molecule has 0 heterocycles. The Hall–Kier alpha value is -2.31. The summed E-state index contributed by atoms with van der Waals surface area (Å²) in [6, 6.07) is 10.1. The lowest BCUT2D eigenvalue weighted by atomic mass is 9.82. The maximum Gasteiger partial charge on any atom is 0.217 e. The van der Waals surface area contributed by atoms with Crippen LogP contribution in [-0.4, -0.2) is 23.7 Å². The second-order valence-corrected chi connectivity index (χ2v) is 10.6. The molecule has 6 heteroatoms. The van der Waals surface area contributed by atoms with E-state index in [1.165, 1.54) is 28.8 Å².